The Kier molecular flexibility index (Phi) is 2.84. The lowest BCUT2D eigenvalue weighted by Gasteiger charge is -2.23. The monoisotopic (exact) mass is 253 g/mol. The maximum Gasteiger partial charge on any atom is 0.261 e. The number of nitrogens with zero attached hydrogens (tertiary/aromatic N) is 1. The first-order valence-electron chi connectivity index (χ1n) is 6.24. The number of hydrogen-bond acceptors (Lipinski definition) is 2. The van der Waals surface area contributed by atoms with Gasteiger partial charge in [-0.2, -0.15) is 0 Å². The minimum absolute atomic E-state index is 0.00301. The third-order valence-corrected chi connectivity index (χ3v) is 3.42. The number of amides is 1. The van der Waals surface area contributed by atoms with Crippen molar-refractivity contribution in [2.24, 2.45) is 0 Å². The molecular weight excluding hydrogens is 238 g/mol. The molecule has 2 aromatic rings. The van der Waals surface area contributed by atoms with Gasteiger partial charge < -0.3 is 4.74 Å². The van der Waals surface area contributed by atoms with Gasteiger partial charge in [0, 0.05) is 23.9 Å². The van der Waals surface area contributed by atoms with Crippen molar-refractivity contribution in [2.45, 2.75) is 13.2 Å². The van der Waals surface area contributed by atoms with Gasteiger partial charge in [-0.3, -0.25) is 9.69 Å². The first-order chi connectivity index (χ1) is 9.22. The number of rotatable bonds is 2. The van der Waals surface area contributed by atoms with Gasteiger partial charge in [0.05, 0.1) is 0 Å². The van der Waals surface area contributed by atoms with E-state index < -0.39 is 0 Å². The predicted molar refractivity (Wildman–Crippen MR) is 74.2 cm³/mol. The Hall–Kier alpha value is -2.13. The molecule has 3 nitrogen and oxygen atoms in total. The van der Waals surface area contributed by atoms with E-state index in [1.807, 2.05) is 55.5 Å². The highest BCUT2D eigenvalue weighted by Gasteiger charge is 2.37. The molecule has 96 valence electrons. The van der Waals surface area contributed by atoms with Crippen molar-refractivity contribution in [3.8, 4) is 0 Å². The lowest BCUT2D eigenvalue weighted by atomic mass is 10.1. The van der Waals surface area contributed by atoms with E-state index in [4.69, 9.17) is 4.74 Å². The molecule has 3 heteroatoms. The number of fused-ring (bicyclic) bond motifs is 1. The Morgan fingerprint density at radius 3 is 2.53 bits per heavy atom. The number of hydrogen-bond donors (Lipinski definition) is 0. The van der Waals surface area contributed by atoms with Crippen LogP contribution in [0.3, 0.4) is 0 Å². The Bertz CT molecular complexity index is 622. The molecule has 0 saturated heterocycles. The van der Waals surface area contributed by atoms with Crippen LogP contribution in [0.15, 0.2) is 48.5 Å². The molecule has 0 aromatic heterocycles. The van der Waals surface area contributed by atoms with Crippen LogP contribution in [0.2, 0.25) is 0 Å². The number of anilines is 1. The fraction of sp³-hybridized carbons (Fsp3) is 0.188. The largest absolute Gasteiger partial charge is 0.357 e. The number of para-hydroxylation sites is 1. The van der Waals surface area contributed by atoms with Crippen LogP contribution in [0.4, 0.5) is 5.69 Å². The van der Waals surface area contributed by atoms with Crippen molar-refractivity contribution in [2.75, 3.05) is 12.0 Å². The molecule has 1 aliphatic heterocycles. The smallest absolute Gasteiger partial charge is 0.261 e. The Morgan fingerprint density at radius 1 is 1.11 bits per heavy atom. The van der Waals surface area contributed by atoms with Gasteiger partial charge in [-0.15, -0.1) is 0 Å². The molecule has 0 radical (unpaired) electrons. The molecule has 2 aromatic carbocycles. The Morgan fingerprint density at radius 2 is 1.84 bits per heavy atom. The van der Waals surface area contributed by atoms with Crippen molar-refractivity contribution in [1.29, 1.82) is 0 Å². The summed E-state index contributed by atoms with van der Waals surface area (Å²) >= 11 is 0. The molecule has 0 spiro atoms. The summed E-state index contributed by atoms with van der Waals surface area (Å²) in [5, 5.41) is 0. The van der Waals surface area contributed by atoms with E-state index in [1.54, 1.807) is 12.0 Å². The fourth-order valence-corrected chi connectivity index (χ4v) is 2.52. The molecule has 1 atom stereocenters. The van der Waals surface area contributed by atoms with Gasteiger partial charge in [-0.1, -0.05) is 35.9 Å². The van der Waals surface area contributed by atoms with Crippen LogP contribution >= 0.6 is 0 Å². The minimum Gasteiger partial charge on any atom is -0.357 e. The normalized spacial score (nSPS) is 17.7. The molecule has 1 amide bonds. The zero-order chi connectivity index (χ0) is 13.4. The molecule has 3 rings (SSSR count). The van der Waals surface area contributed by atoms with Gasteiger partial charge in [0.15, 0.2) is 6.23 Å². The van der Waals surface area contributed by atoms with Crippen molar-refractivity contribution >= 4 is 11.6 Å². The first kappa shape index (κ1) is 11.9. The van der Waals surface area contributed by atoms with Crippen LogP contribution in [0.25, 0.3) is 0 Å². The third kappa shape index (κ3) is 1.83. The van der Waals surface area contributed by atoms with Gasteiger partial charge in [0.25, 0.3) is 5.91 Å². The third-order valence-electron chi connectivity index (χ3n) is 3.42. The maximum atomic E-state index is 12.6. The van der Waals surface area contributed by atoms with Crippen LogP contribution in [-0.2, 0) is 4.74 Å². The summed E-state index contributed by atoms with van der Waals surface area (Å²) in [6, 6.07) is 15.5. The van der Waals surface area contributed by atoms with Crippen LogP contribution in [0.5, 0.6) is 0 Å². The predicted octanol–water partition coefficient (Wildman–Crippen LogP) is 3.30. The SMILES string of the molecule is COC1c2ccc(C)cc2C(=O)N1c1ccccc1. The van der Waals surface area contributed by atoms with Gasteiger partial charge >= 0.3 is 0 Å². The number of aryl methyl sites for hydroxylation is 1. The molecule has 1 aliphatic rings. The summed E-state index contributed by atoms with van der Waals surface area (Å²) in [6.45, 7) is 1.99. The fourth-order valence-electron chi connectivity index (χ4n) is 2.52. The van der Waals surface area contributed by atoms with E-state index in [2.05, 4.69) is 0 Å². The second kappa shape index (κ2) is 4.52. The first-order valence-corrected chi connectivity index (χ1v) is 6.24. The molecule has 1 unspecified atom stereocenters. The number of carbonyl (C=O) groups excluding carboxylic acids is 1. The summed E-state index contributed by atoms with van der Waals surface area (Å²) in [7, 11) is 1.63. The minimum atomic E-state index is -0.342. The molecule has 19 heavy (non-hydrogen) atoms. The summed E-state index contributed by atoms with van der Waals surface area (Å²) in [4.78, 5) is 14.3. The van der Waals surface area contributed by atoms with Crippen LogP contribution < -0.4 is 4.90 Å². The molecule has 0 saturated carbocycles. The highest BCUT2D eigenvalue weighted by atomic mass is 16.5. The zero-order valence-corrected chi connectivity index (χ0v) is 11.0. The van der Waals surface area contributed by atoms with Gasteiger partial charge in [0.1, 0.15) is 0 Å². The van der Waals surface area contributed by atoms with E-state index in [0.29, 0.717) is 0 Å². The molecule has 0 fully saturated rings. The van der Waals surface area contributed by atoms with E-state index >= 15 is 0 Å². The summed E-state index contributed by atoms with van der Waals surface area (Å²) in [6.07, 6.45) is -0.342. The van der Waals surface area contributed by atoms with E-state index in [9.17, 15) is 4.79 Å². The summed E-state index contributed by atoms with van der Waals surface area (Å²) in [5.41, 5.74) is 3.60. The van der Waals surface area contributed by atoms with Crippen molar-refractivity contribution < 1.29 is 9.53 Å². The molecule has 0 N–H and O–H groups in total. The van der Waals surface area contributed by atoms with Crippen LogP contribution in [0.1, 0.15) is 27.7 Å². The highest BCUT2D eigenvalue weighted by molar-refractivity contribution is 6.10. The van der Waals surface area contributed by atoms with Crippen LogP contribution in [-0.4, -0.2) is 13.0 Å². The summed E-state index contributed by atoms with van der Waals surface area (Å²) < 4.78 is 5.52. The van der Waals surface area contributed by atoms with Gasteiger partial charge in [-0.05, 0) is 25.1 Å². The molecule has 0 bridgehead atoms. The second-order valence-corrected chi connectivity index (χ2v) is 4.69. The van der Waals surface area contributed by atoms with Crippen LogP contribution in [0, 0.1) is 6.92 Å². The number of ether oxygens (including phenoxy) is 1. The van der Waals surface area contributed by atoms with Gasteiger partial charge in [0.2, 0.25) is 0 Å². The summed E-state index contributed by atoms with van der Waals surface area (Å²) in [5.74, 6) is -0.00301. The molecule has 0 aliphatic carbocycles. The lowest BCUT2D eigenvalue weighted by Crippen LogP contribution is -2.28. The van der Waals surface area contributed by atoms with E-state index in [1.165, 1.54) is 0 Å². The van der Waals surface area contributed by atoms with Crippen molar-refractivity contribution in [1.82, 2.24) is 0 Å². The Balaban J connectivity index is 2.12. The lowest BCUT2D eigenvalue weighted by molar-refractivity contribution is 0.0823. The van der Waals surface area contributed by atoms with E-state index in [-0.39, 0.29) is 12.1 Å². The number of carbonyl (C=O) groups is 1. The standard InChI is InChI=1S/C16H15NO2/c1-11-8-9-13-14(10-11)15(18)17(16(13)19-2)12-6-4-3-5-7-12/h3-10,16H,1-2H3. The van der Waals surface area contributed by atoms with Gasteiger partial charge in [-0.25, -0.2) is 0 Å². The maximum absolute atomic E-state index is 12.6. The number of methoxy groups -OCH3 is 1. The molecule has 1 heterocycles. The van der Waals surface area contributed by atoms with Crippen molar-refractivity contribution in [3.05, 3.63) is 65.2 Å². The Labute approximate surface area is 112 Å². The quantitative estimate of drug-likeness (QED) is 0.821. The van der Waals surface area contributed by atoms with Crippen molar-refractivity contribution in [3.63, 3.8) is 0 Å². The average molecular weight is 253 g/mol. The molecular formula is C16H15NO2. The van der Waals surface area contributed by atoms with E-state index in [0.717, 1.165) is 22.4 Å². The highest BCUT2D eigenvalue weighted by Crippen LogP contribution is 2.37. The zero-order valence-electron chi connectivity index (χ0n) is 11.0. The second-order valence-electron chi connectivity index (χ2n) is 4.69. The number of benzene rings is 2. The average Bonchev–Trinajstić information content (AvgIpc) is 2.72. The topological polar surface area (TPSA) is 29.5 Å².